The number of carbonyl (C=O) groups excluding carboxylic acids is 2. The average Bonchev–Trinajstić information content (AvgIpc) is 2.47. The van der Waals surface area contributed by atoms with Crippen molar-refractivity contribution in [3.05, 3.63) is 32.7 Å². The molecule has 0 bridgehead atoms. The first kappa shape index (κ1) is 16.5. The van der Waals surface area contributed by atoms with Crippen molar-refractivity contribution < 1.29 is 14.3 Å². The molecule has 1 heterocycles. The van der Waals surface area contributed by atoms with Gasteiger partial charge in [-0.1, -0.05) is 15.9 Å². The van der Waals surface area contributed by atoms with Crippen LogP contribution in [0.4, 0.5) is 0 Å². The maximum absolute atomic E-state index is 12.5. The summed E-state index contributed by atoms with van der Waals surface area (Å²) in [6.07, 6.45) is 0. The number of hydrogen-bond acceptors (Lipinski definition) is 4. The van der Waals surface area contributed by atoms with Gasteiger partial charge in [0.15, 0.2) is 0 Å². The summed E-state index contributed by atoms with van der Waals surface area (Å²) in [6.45, 7) is 2.85. The first-order valence-corrected chi connectivity index (χ1v) is 8.13. The number of esters is 1. The van der Waals surface area contributed by atoms with Gasteiger partial charge in [-0.25, -0.2) is 0 Å². The van der Waals surface area contributed by atoms with Crippen LogP contribution in [0.2, 0.25) is 0 Å². The zero-order chi connectivity index (χ0) is 15.4. The van der Waals surface area contributed by atoms with Gasteiger partial charge in [-0.05, 0) is 34.1 Å². The van der Waals surface area contributed by atoms with E-state index >= 15 is 0 Å². The molecule has 7 heteroatoms. The molecule has 0 aliphatic carbocycles. The van der Waals surface area contributed by atoms with Gasteiger partial charge in [0.05, 0.1) is 19.2 Å². The fourth-order valence-electron chi connectivity index (χ4n) is 2.19. The third kappa shape index (κ3) is 4.28. The molecule has 0 atom stereocenters. The Morgan fingerprint density at radius 2 is 1.86 bits per heavy atom. The first-order valence-electron chi connectivity index (χ1n) is 6.54. The lowest BCUT2D eigenvalue weighted by molar-refractivity contribution is -0.142. The van der Waals surface area contributed by atoms with Crippen LogP contribution in [0.1, 0.15) is 10.4 Å². The van der Waals surface area contributed by atoms with Crippen molar-refractivity contribution in [2.75, 3.05) is 39.8 Å². The van der Waals surface area contributed by atoms with Gasteiger partial charge in [-0.15, -0.1) is 0 Å². The highest BCUT2D eigenvalue weighted by Gasteiger charge is 2.24. The van der Waals surface area contributed by atoms with E-state index < -0.39 is 0 Å². The summed E-state index contributed by atoms with van der Waals surface area (Å²) in [6, 6.07) is 5.52. The van der Waals surface area contributed by atoms with Gasteiger partial charge in [-0.2, -0.15) is 0 Å². The number of nitrogens with zero attached hydrogens (tertiary/aromatic N) is 2. The number of hydrogen-bond donors (Lipinski definition) is 0. The van der Waals surface area contributed by atoms with Crippen LogP contribution >= 0.6 is 31.9 Å². The SMILES string of the molecule is COC(=O)CN1CCN(C(=O)c2ccc(Br)cc2Br)CC1. The molecule has 0 N–H and O–H groups in total. The molecule has 0 saturated carbocycles. The number of methoxy groups -OCH3 is 1. The number of rotatable bonds is 3. The molecule has 1 aliphatic rings. The molecule has 1 fully saturated rings. The second-order valence-electron chi connectivity index (χ2n) is 4.77. The molecule has 1 amide bonds. The van der Waals surface area contributed by atoms with E-state index in [0.717, 1.165) is 8.95 Å². The second kappa shape index (κ2) is 7.38. The van der Waals surface area contributed by atoms with Crippen molar-refractivity contribution in [3.63, 3.8) is 0 Å². The fourth-order valence-corrected chi connectivity index (χ4v) is 3.41. The molecule has 0 spiro atoms. The predicted octanol–water partition coefficient (Wildman–Crippen LogP) is 2.14. The third-order valence-corrected chi connectivity index (χ3v) is 4.55. The standard InChI is InChI=1S/C14H16Br2N2O3/c1-21-13(19)9-17-4-6-18(7-5-17)14(20)11-3-2-10(15)8-12(11)16/h2-3,8H,4-7,9H2,1H3. The van der Waals surface area contributed by atoms with Crippen molar-refractivity contribution in [2.45, 2.75) is 0 Å². The summed E-state index contributed by atoms with van der Waals surface area (Å²) in [4.78, 5) is 27.5. The highest BCUT2D eigenvalue weighted by molar-refractivity contribution is 9.11. The minimum Gasteiger partial charge on any atom is -0.468 e. The number of amides is 1. The summed E-state index contributed by atoms with van der Waals surface area (Å²) in [5.74, 6) is -0.238. The topological polar surface area (TPSA) is 49.9 Å². The third-order valence-electron chi connectivity index (χ3n) is 3.40. The zero-order valence-electron chi connectivity index (χ0n) is 11.6. The molecule has 21 heavy (non-hydrogen) atoms. The Balaban J connectivity index is 1.95. The van der Waals surface area contributed by atoms with E-state index in [-0.39, 0.29) is 18.4 Å². The van der Waals surface area contributed by atoms with E-state index in [1.165, 1.54) is 7.11 Å². The van der Waals surface area contributed by atoms with Crippen LogP contribution in [0, 0.1) is 0 Å². The summed E-state index contributed by atoms with van der Waals surface area (Å²) < 4.78 is 6.35. The van der Waals surface area contributed by atoms with E-state index in [1.807, 2.05) is 21.9 Å². The van der Waals surface area contributed by atoms with Crippen molar-refractivity contribution in [3.8, 4) is 0 Å². The van der Waals surface area contributed by atoms with E-state index in [9.17, 15) is 9.59 Å². The number of halogens is 2. The minimum absolute atomic E-state index is 0.00657. The van der Waals surface area contributed by atoms with E-state index in [2.05, 4.69) is 36.6 Å². The Bertz CT molecular complexity index is 543. The Hall–Kier alpha value is -0.920. The monoisotopic (exact) mass is 418 g/mol. The molecule has 0 aromatic heterocycles. The van der Waals surface area contributed by atoms with Gasteiger partial charge in [0.1, 0.15) is 0 Å². The number of ether oxygens (including phenoxy) is 1. The number of carbonyl (C=O) groups is 2. The quantitative estimate of drug-likeness (QED) is 0.704. The highest BCUT2D eigenvalue weighted by atomic mass is 79.9. The Labute approximate surface area is 140 Å². The van der Waals surface area contributed by atoms with Gasteiger partial charge in [0, 0.05) is 35.1 Å². The lowest BCUT2D eigenvalue weighted by atomic mass is 10.2. The summed E-state index contributed by atoms with van der Waals surface area (Å²) in [5.41, 5.74) is 0.652. The molecule has 5 nitrogen and oxygen atoms in total. The zero-order valence-corrected chi connectivity index (χ0v) is 14.8. The van der Waals surface area contributed by atoms with Gasteiger partial charge >= 0.3 is 5.97 Å². The van der Waals surface area contributed by atoms with Crippen molar-refractivity contribution >= 4 is 43.7 Å². The van der Waals surface area contributed by atoms with Gasteiger partial charge in [-0.3, -0.25) is 14.5 Å². The van der Waals surface area contributed by atoms with Crippen LogP contribution in [-0.2, 0) is 9.53 Å². The van der Waals surface area contributed by atoms with Crippen LogP contribution < -0.4 is 0 Å². The van der Waals surface area contributed by atoms with Crippen molar-refractivity contribution in [2.24, 2.45) is 0 Å². The normalized spacial score (nSPS) is 15.9. The molecule has 1 aromatic rings. The maximum Gasteiger partial charge on any atom is 0.319 e. The predicted molar refractivity (Wildman–Crippen MR) is 86.2 cm³/mol. The first-order chi connectivity index (χ1) is 10.0. The largest absolute Gasteiger partial charge is 0.468 e. The van der Waals surface area contributed by atoms with Gasteiger partial charge in [0.2, 0.25) is 0 Å². The average molecular weight is 420 g/mol. The second-order valence-corrected chi connectivity index (χ2v) is 6.54. The van der Waals surface area contributed by atoms with E-state index in [0.29, 0.717) is 31.7 Å². The molecule has 1 aromatic carbocycles. The summed E-state index contributed by atoms with van der Waals surface area (Å²) >= 11 is 6.79. The van der Waals surface area contributed by atoms with Gasteiger partial charge in [0.25, 0.3) is 5.91 Å². The van der Waals surface area contributed by atoms with Crippen LogP contribution in [0.5, 0.6) is 0 Å². The number of piperazine rings is 1. The molecular formula is C14H16Br2N2O3. The highest BCUT2D eigenvalue weighted by Crippen LogP contribution is 2.23. The lowest BCUT2D eigenvalue weighted by Crippen LogP contribution is -2.50. The van der Waals surface area contributed by atoms with E-state index in [4.69, 9.17) is 0 Å². The molecule has 2 rings (SSSR count). The van der Waals surface area contributed by atoms with Crippen molar-refractivity contribution in [1.29, 1.82) is 0 Å². The summed E-state index contributed by atoms with van der Waals surface area (Å²) in [5, 5.41) is 0. The Morgan fingerprint density at radius 3 is 2.43 bits per heavy atom. The van der Waals surface area contributed by atoms with Crippen LogP contribution in [0.3, 0.4) is 0 Å². The van der Waals surface area contributed by atoms with Crippen LogP contribution in [0.15, 0.2) is 27.1 Å². The fraction of sp³-hybridized carbons (Fsp3) is 0.429. The molecule has 1 saturated heterocycles. The molecule has 0 unspecified atom stereocenters. The van der Waals surface area contributed by atoms with E-state index in [1.54, 1.807) is 6.07 Å². The Morgan fingerprint density at radius 1 is 1.19 bits per heavy atom. The minimum atomic E-state index is -0.245. The van der Waals surface area contributed by atoms with Crippen LogP contribution in [-0.4, -0.2) is 61.5 Å². The van der Waals surface area contributed by atoms with Gasteiger partial charge < -0.3 is 9.64 Å². The molecule has 114 valence electrons. The number of benzene rings is 1. The Kier molecular flexibility index (Phi) is 5.78. The maximum atomic E-state index is 12.5. The molecule has 0 radical (unpaired) electrons. The van der Waals surface area contributed by atoms with Crippen molar-refractivity contribution in [1.82, 2.24) is 9.80 Å². The lowest BCUT2D eigenvalue weighted by Gasteiger charge is -2.34. The smallest absolute Gasteiger partial charge is 0.319 e. The molecular weight excluding hydrogens is 404 g/mol. The summed E-state index contributed by atoms with van der Waals surface area (Å²) in [7, 11) is 1.38. The van der Waals surface area contributed by atoms with Crippen LogP contribution in [0.25, 0.3) is 0 Å². The molecule has 1 aliphatic heterocycles.